The lowest BCUT2D eigenvalue weighted by Crippen LogP contribution is -2.42. The summed E-state index contributed by atoms with van der Waals surface area (Å²) in [7, 11) is 3.86. The number of aromatic nitrogens is 3. The first-order chi connectivity index (χ1) is 20.4. The highest BCUT2D eigenvalue weighted by Gasteiger charge is 2.25. The fourth-order valence-corrected chi connectivity index (χ4v) is 5.17. The van der Waals surface area contributed by atoms with Gasteiger partial charge in [0.15, 0.2) is 0 Å². The normalized spacial score (nSPS) is 16.8. The second kappa shape index (κ2) is 13.1. The van der Waals surface area contributed by atoms with Gasteiger partial charge in [0.1, 0.15) is 6.07 Å². The largest absolute Gasteiger partial charge is 0.360 e. The summed E-state index contributed by atoms with van der Waals surface area (Å²) < 4.78 is 0. The lowest BCUT2D eigenvalue weighted by molar-refractivity contribution is -0.111. The number of para-hydroxylation sites is 1. The van der Waals surface area contributed by atoms with Gasteiger partial charge in [-0.05, 0) is 70.1 Å². The van der Waals surface area contributed by atoms with Crippen LogP contribution < -0.4 is 16.0 Å². The maximum absolute atomic E-state index is 13.0. The molecule has 42 heavy (non-hydrogen) atoms. The van der Waals surface area contributed by atoms with Crippen LogP contribution in [0.25, 0.3) is 22.2 Å². The van der Waals surface area contributed by atoms with E-state index in [0.717, 1.165) is 42.1 Å². The Bertz CT molecular complexity index is 1630. The Balaban J connectivity index is 1.19. The SMILES string of the molecule is CN(C)C/C=C/C(=O)Nc1ccc(C(=O)N[C@H]2CCC[C@@H](Nc3ncc(C#N)c(-c4c[nH]c5ccccc45)n3)C2)cc1. The molecule has 2 atom stereocenters. The maximum Gasteiger partial charge on any atom is 0.251 e. The summed E-state index contributed by atoms with van der Waals surface area (Å²) in [5.41, 5.74) is 3.98. The first-order valence-corrected chi connectivity index (χ1v) is 14.0. The maximum atomic E-state index is 13.0. The van der Waals surface area contributed by atoms with Crippen molar-refractivity contribution in [3.8, 4) is 17.3 Å². The summed E-state index contributed by atoms with van der Waals surface area (Å²) >= 11 is 0. The monoisotopic (exact) mass is 562 g/mol. The first-order valence-electron chi connectivity index (χ1n) is 14.0. The summed E-state index contributed by atoms with van der Waals surface area (Å²) in [6, 6.07) is 17.1. The molecule has 214 valence electrons. The van der Waals surface area contributed by atoms with E-state index in [4.69, 9.17) is 4.98 Å². The van der Waals surface area contributed by atoms with Crippen molar-refractivity contribution in [2.45, 2.75) is 37.8 Å². The van der Waals surface area contributed by atoms with E-state index in [-0.39, 0.29) is 23.9 Å². The number of benzene rings is 2. The third-order valence-electron chi connectivity index (χ3n) is 7.25. The molecule has 1 saturated carbocycles. The van der Waals surface area contributed by atoms with E-state index in [1.165, 1.54) is 6.08 Å². The van der Waals surface area contributed by atoms with Gasteiger partial charge in [-0.2, -0.15) is 5.26 Å². The van der Waals surface area contributed by atoms with Crippen LogP contribution in [0.4, 0.5) is 11.6 Å². The highest BCUT2D eigenvalue weighted by Crippen LogP contribution is 2.30. The summed E-state index contributed by atoms with van der Waals surface area (Å²) in [5, 5.41) is 20.1. The number of rotatable bonds is 9. The van der Waals surface area contributed by atoms with Gasteiger partial charge in [-0.3, -0.25) is 9.59 Å². The van der Waals surface area contributed by atoms with Crippen LogP contribution in [0.3, 0.4) is 0 Å². The third-order valence-corrected chi connectivity index (χ3v) is 7.25. The second-order valence-electron chi connectivity index (χ2n) is 10.7. The molecule has 4 N–H and O–H groups in total. The minimum Gasteiger partial charge on any atom is -0.360 e. The fourth-order valence-electron chi connectivity index (χ4n) is 5.17. The summed E-state index contributed by atoms with van der Waals surface area (Å²) in [4.78, 5) is 39.4. The standard InChI is InChI=1S/C32H34N8O2/c1-40(2)16-6-11-29(41)36-23-14-12-21(13-15-23)31(42)37-24-7-5-8-25(17-24)38-32-35-19-22(18-33)30(39-32)27-20-34-28-10-4-3-9-26(27)28/h3-4,6,9-15,19-20,24-25,34H,5,7-8,16-17H2,1-2H3,(H,36,41)(H,37,42)(H,35,38,39)/b11-6+/t24-,25+/m0/s1. The van der Waals surface area contributed by atoms with E-state index in [1.54, 1.807) is 36.5 Å². The molecule has 4 aromatic rings. The molecule has 0 aliphatic heterocycles. The molecule has 1 fully saturated rings. The molecule has 10 heteroatoms. The van der Waals surface area contributed by atoms with Crippen molar-refractivity contribution >= 4 is 34.4 Å². The van der Waals surface area contributed by atoms with Gasteiger partial charge < -0.3 is 25.8 Å². The number of nitrogens with one attached hydrogen (secondary N) is 4. The predicted molar refractivity (Wildman–Crippen MR) is 164 cm³/mol. The lowest BCUT2D eigenvalue weighted by Gasteiger charge is -2.30. The van der Waals surface area contributed by atoms with Gasteiger partial charge in [0, 0.05) is 58.6 Å². The number of hydrogen-bond donors (Lipinski definition) is 4. The minimum atomic E-state index is -0.213. The number of aromatic amines is 1. The summed E-state index contributed by atoms with van der Waals surface area (Å²) in [5.74, 6) is 0.0933. The smallest absolute Gasteiger partial charge is 0.251 e. The number of carbonyl (C=O) groups is 2. The average molecular weight is 563 g/mol. The number of nitrogens with zero attached hydrogens (tertiary/aromatic N) is 4. The Morgan fingerprint density at radius 1 is 1.12 bits per heavy atom. The highest BCUT2D eigenvalue weighted by atomic mass is 16.2. The van der Waals surface area contributed by atoms with E-state index >= 15 is 0 Å². The second-order valence-corrected chi connectivity index (χ2v) is 10.7. The number of nitriles is 1. The quantitative estimate of drug-likeness (QED) is 0.217. The molecule has 0 saturated heterocycles. The van der Waals surface area contributed by atoms with Crippen LogP contribution in [0, 0.1) is 11.3 Å². The zero-order valence-electron chi connectivity index (χ0n) is 23.7. The number of amides is 2. The van der Waals surface area contributed by atoms with Gasteiger partial charge in [0.25, 0.3) is 5.91 Å². The van der Waals surface area contributed by atoms with E-state index in [0.29, 0.717) is 35.0 Å². The molecular formula is C32H34N8O2. The summed E-state index contributed by atoms with van der Waals surface area (Å²) in [6.07, 6.45) is 10.2. The van der Waals surface area contributed by atoms with Crippen molar-refractivity contribution in [2.24, 2.45) is 0 Å². The topological polar surface area (TPSA) is 139 Å². The van der Waals surface area contributed by atoms with Crippen LogP contribution in [-0.2, 0) is 4.79 Å². The summed E-state index contributed by atoms with van der Waals surface area (Å²) in [6.45, 7) is 0.677. The first kappa shape index (κ1) is 28.5. The van der Waals surface area contributed by atoms with E-state index in [1.807, 2.05) is 49.5 Å². The number of anilines is 2. The zero-order chi connectivity index (χ0) is 29.5. The minimum absolute atomic E-state index is 0.00330. The molecule has 1 aliphatic rings. The van der Waals surface area contributed by atoms with Crippen LogP contribution in [0.15, 0.2) is 73.1 Å². The Morgan fingerprint density at radius 3 is 2.69 bits per heavy atom. The lowest BCUT2D eigenvalue weighted by atomic mass is 9.91. The Morgan fingerprint density at radius 2 is 1.90 bits per heavy atom. The van der Waals surface area contributed by atoms with Gasteiger partial charge in [0.2, 0.25) is 11.9 Å². The van der Waals surface area contributed by atoms with Crippen molar-refractivity contribution in [2.75, 3.05) is 31.3 Å². The molecule has 2 amide bonds. The van der Waals surface area contributed by atoms with E-state index in [2.05, 4.69) is 32.0 Å². The van der Waals surface area contributed by atoms with Crippen molar-refractivity contribution in [1.29, 1.82) is 5.26 Å². The number of fused-ring (bicyclic) bond motifs is 1. The molecule has 5 rings (SSSR count). The Kier molecular flexibility index (Phi) is 8.90. The van der Waals surface area contributed by atoms with Crippen LogP contribution in [0.1, 0.15) is 41.6 Å². The molecule has 2 aromatic heterocycles. The highest BCUT2D eigenvalue weighted by molar-refractivity contribution is 6.00. The van der Waals surface area contributed by atoms with Crippen molar-refractivity contribution in [1.82, 2.24) is 25.2 Å². The molecule has 0 spiro atoms. The van der Waals surface area contributed by atoms with E-state index in [9.17, 15) is 14.9 Å². The van der Waals surface area contributed by atoms with Gasteiger partial charge >= 0.3 is 0 Å². The fraction of sp³-hybridized carbons (Fsp3) is 0.281. The molecule has 2 heterocycles. The van der Waals surface area contributed by atoms with Crippen molar-refractivity contribution < 1.29 is 9.59 Å². The molecule has 0 bridgehead atoms. The third kappa shape index (κ3) is 7.00. The molecule has 2 aromatic carbocycles. The predicted octanol–water partition coefficient (Wildman–Crippen LogP) is 4.71. The van der Waals surface area contributed by atoms with Gasteiger partial charge in [0.05, 0.1) is 17.5 Å². The zero-order valence-corrected chi connectivity index (χ0v) is 23.7. The van der Waals surface area contributed by atoms with Crippen LogP contribution >= 0.6 is 0 Å². The number of H-pyrrole nitrogens is 1. The molecule has 10 nitrogen and oxygen atoms in total. The number of carbonyl (C=O) groups excluding carboxylic acids is 2. The van der Waals surface area contributed by atoms with Crippen LogP contribution in [0.5, 0.6) is 0 Å². The molecule has 0 unspecified atom stereocenters. The molecule has 1 aliphatic carbocycles. The van der Waals surface area contributed by atoms with Crippen molar-refractivity contribution in [3.05, 3.63) is 84.2 Å². The van der Waals surface area contributed by atoms with E-state index < -0.39 is 0 Å². The van der Waals surface area contributed by atoms with Gasteiger partial charge in [-0.1, -0.05) is 24.3 Å². The Hall–Kier alpha value is -5.01. The molecule has 0 radical (unpaired) electrons. The Labute approximate surface area is 244 Å². The number of likely N-dealkylation sites (N-methyl/N-ethyl adjacent to an activating group) is 1. The van der Waals surface area contributed by atoms with Crippen LogP contribution in [0.2, 0.25) is 0 Å². The average Bonchev–Trinajstić information content (AvgIpc) is 3.41. The molecular weight excluding hydrogens is 528 g/mol. The van der Waals surface area contributed by atoms with Gasteiger partial charge in [-0.25, -0.2) is 9.97 Å². The van der Waals surface area contributed by atoms with Crippen LogP contribution in [-0.4, -0.2) is 64.4 Å². The van der Waals surface area contributed by atoms with Crippen molar-refractivity contribution in [3.63, 3.8) is 0 Å². The number of hydrogen-bond acceptors (Lipinski definition) is 7. The van der Waals surface area contributed by atoms with Gasteiger partial charge in [-0.15, -0.1) is 0 Å².